The SMILES string of the molecule is CC(COCCO)(COCCN=[N+]=[N-])COCCN=[N+]=[N-]. The van der Waals surface area contributed by atoms with Gasteiger partial charge < -0.3 is 19.3 Å². The van der Waals surface area contributed by atoms with Gasteiger partial charge in [0.05, 0.1) is 46.2 Å². The van der Waals surface area contributed by atoms with Gasteiger partial charge >= 0.3 is 0 Å². The topological polar surface area (TPSA) is 145 Å². The monoisotopic (exact) mass is 302 g/mol. The normalized spacial score (nSPS) is 13.0. The average Bonchev–Trinajstić information content (AvgIpc) is 2.47. The van der Waals surface area contributed by atoms with Gasteiger partial charge in [-0.1, -0.05) is 17.2 Å². The lowest BCUT2D eigenvalue weighted by Crippen LogP contribution is -2.35. The average molecular weight is 302 g/mol. The van der Waals surface area contributed by atoms with E-state index in [0.29, 0.717) is 33.0 Å². The number of hydrogen-bond acceptors (Lipinski definition) is 6. The molecular weight excluding hydrogens is 280 g/mol. The Morgan fingerprint density at radius 3 is 1.71 bits per heavy atom. The molecule has 0 saturated carbocycles. The molecule has 0 fully saturated rings. The highest BCUT2D eigenvalue weighted by molar-refractivity contribution is 4.73. The van der Waals surface area contributed by atoms with Gasteiger partial charge in [0.2, 0.25) is 0 Å². The third-order valence-electron chi connectivity index (χ3n) is 2.38. The van der Waals surface area contributed by atoms with Crippen LogP contribution in [-0.4, -0.2) is 64.4 Å². The second-order valence-corrected chi connectivity index (χ2v) is 4.60. The maximum atomic E-state index is 8.73. The smallest absolute Gasteiger partial charge is 0.0698 e. The highest BCUT2D eigenvalue weighted by Gasteiger charge is 2.25. The number of hydrogen-bond donors (Lipinski definition) is 1. The molecule has 0 aromatic rings. The third kappa shape index (κ3) is 11.9. The van der Waals surface area contributed by atoms with Crippen LogP contribution >= 0.6 is 0 Å². The van der Waals surface area contributed by atoms with Crippen LogP contribution in [0.25, 0.3) is 20.9 Å². The Morgan fingerprint density at radius 1 is 0.905 bits per heavy atom. The Balaban J connectivity index is 4.11. The van der Waals surface area contributed by atoms with Gasteiger partial charge in [-0.2, -0.15) is 0 Å². The molecule has 0 unspecified atom stereocenters. The molecule has 0 saturated heterocycles. The van der Waals surface area contributed by atoms with Crippen LogP contribution in [0.1, 0.15) is 6.92 Å². The van der Waals surface area contributed by atoms with Crippen molar-refractivity contribution in [1.29, 1.82) is 0 Å². The fourth-order valence-electron chi connectivity index (χ4n) is 1.45. The Hall–Kier alpha value is -1.54. The van der Waals surface area contributed by atoms with Crippen molar-refractivity contribution < 1.29 is 19.3 Å². The summed E-state index contributed by atoms with van der Waals surface area (Å²) in [5.41, 5.74) is 15.9. The van der Waals surface area contributed by atoms with Crippen LogP contribution in [0.2, 0.25) is 0 Å². The molecule has 0 heterocycles. The molecule has 0 aliphatic carbocycles. The summed E-state index contributed by atoms with van der Waals surface area (Å²) in [6.45, 7) is 4.36. The minimum absolute atomic E-state index is 0.0500. The first kappa shape index (κ1) is 19.5. The predicted molar refractivity (Wildman–Crippen MR) is 75.7 cm³/mol. The van der Waals surface area contributed by atoms with E-state index in [1.807, 2.05) is 6.92 Å². The first-order chi connectivity index (χ1) is 10.2. The zero-order chi connectivity index (χ0) is 15.8. The molecule has 0 bridgehead atoms. The summed E-state index contributed by atoms with van der Waals surface area (Å²) in [7, 11) is 0. The second kappa shape index (κ2) is 13.4. The van der Waals surface area contributed by atoms with E-state index < -0.39 is 5.41 Å². The molecular formula is C11H22N6O4. The summed E-state index contributed by atoms with van der Waals surface area (Å²) in [4.78, 5) is 5.27. The minimum Gasteiger partial charge on any atom is -0.394 e. The summed E-state index contributed by atoms with van der Waals surface area (Å²) >= 11 is 0. The molecule has 0 radical (unpaired) electrons. The highest BCUT2D eigenvalue weighted by atomic mass is 16.5. The van der Waals surface area contributed by atoms with Crippen LogP contribution in [0, 0.1) is 5.41 Å². The Morgan fingerprint density at radius 2 is 1.33 bits per heavy atom. The van der Waals surface area contributed by atoms with E-state index in [1.165, 1.54) is 0 Å². The molecule has 1 N–H and O–H groups in total. The van der Waals surface area contributed by atoms with E-state index in [0.717, 1.165) is 0 Å². The molecule has 0 atom stereocenters. The molecule has 0 aliphatic rings. The number of aliphatic hydroxyl groups is 1. The largest absolute Gasteiger partial charge is 0.394 e. The van der Waals surface area contributed by atoms with Crippen molar-refractivity contribution in [3.8, 4) is 0 Å². The number of rotatable bonds is 14. The maximum absolute atomic E-state index is 8.73. The molecule has 0 aromatic heterocycles. The van der Waals surface area contributed by atoms with E-state index in [2.05, 4.69) is 20.1 Å². The van der Waals surface area contributed by atoms with Crippen molar-refractivity contribution >= 4 is 0 Å². The van der Waals surface area contributed by atoms with Crippen LogP contribution in [0.4, 0.5) is 0 Å². The van der Waals surface area contributed by atoms with E-state index >= 15 is 0 Å². The van der Waals surface area contributed by atoms with Crippen molar-refractivity contribution in [1.82, 2.24) is 0 Å². The maximum Gasteiger partial charge on any atom is 0.0698 e. The van der Waals surface area contributed by atoms with Gasteiger partial charge in [0, 0.05) is 28.3 Å². The van der Waals surface area contributed by atoms with Crippen LogP contribution in [0.15, 0.2) is 10.2 Å². The lowest BCUT2D eigenvalue weighted by atomic mass is 9.94. The van der Waals surface area contributed by atoms with Gasteiger partial charge in [-0.15, -0.1) is 0 Å². The lowest BCUT2D eigenvalue weighted by Gasteiger charge is -2.28. The first-order valence-corrected chi connectivity index (χ1v) is 6.54. The summed E-state index contributed by atoms with van der Waals surface area (Å²) in [5, 5.41) is 15.5. The van der Waals surface area contributed by atoms with E-state index in [4.69, 9.17) is 30.4 Å². The Kier molecular flexibility index (Phi) is 12.5. The fraction of sp³-hybridized carbons (Fsp3) is 1.00. The van der Waals surface area contributed by atoms with Crippen LogP contribution in [0.5, 0.6) is 0 Å². The summed E-state index contributed by atoms with van der Waals surface area (Å²) in [6.07, 6.45) is 0. The molecule has 0 aromatic carbocycles. The molecule has 0 spiro atoms. The molecule has 0 rings (SSSR count). The molecule has 10 heteroatoms. The Bertz CT molecular complexity index is 329. The van der Waals surface area contributed by atoms with E-state index in [9.17, 15) is 0 Å². The van der Waals surface area contributed by atoms with Crippen LogP contribution < -0.4 is 0 Å². The predicted octanol–water partition coefficient (Wildman–Crippen LogP) is 1.66. The van der Waals surface area contributed by atoms with Crippen molar-refractivity contribution in [3.05, 3.63) is 20.9 Å². The molecule has 0 amide bonds. The van der Waals surface area contributed by atoms with Gasteiger partial charge in [0.25, 0.3) is 0 Å². The van der Waals surface area contributed by atoms with E-state index in [-0.39, 0.29) is 26.3 Å². The van der Waals surface area contributed by atoms with Gasteiger partial charge in [-0.25, -0.2) is 0 Å². The molecule has 21 heavy (non-hydrogen) atoms. The standard InChI is InChI=1S/C11H22N6O4/c1-11(10-21-7-4-18,8-19-5-2-14-16-12)9-20-6-3-15-17-13/h18H,2-10H2,1H3. The number of aliphatic hydroxyl groups excluding tert-OH is 1. The highest BCUT2D eigenvalue weighted by Crippen LogP contribution is 2.18. The quantitative estimate of drug-likeness (QED) is 0.225. The summed E-state index contributed by atoms with van der Waals surface area (Å²) < 4.78 is 16.2. The number of nitrogens with zero attached hydrogens (tertiary/aromatic N) is 6. The van der Waals surface area contributed by atoms with Crippen molar-refractivity contribution in [2.45, 2.75) is 6.92 Å². The van der Waals surface area contributed by atoms with Gasteiger partial charge in [0.1, 0.15) is 0 Å². The van der Waals surface area contributed by atoms with Crippen molar-refractivity contribution in [2.24, 2.45) is 15.6 Å². The lowest BCUT2D eigenvalue weighted by molar-refractivity contribution is -0.0617. The van der Waals surface area contributed by atoms with Gasteiger partial charge in [0.15, 0.2) is 0 Å². The number of ether oxygens (including phenoxy) is 3. The zero-order valence-corrected chi connectivity index (χ0v) is 12.2. The molecule has 0 aliphatic heterocycles. The summed E-state index contributed by atoms with van der Waals surface area (Å²) in [6, 6.07) is 0. The number of azide groups is 2. The zero-order valence-electron chi connectivity index (χ0n) is 12.2. The van der Waals surface area contributed by atoms with Crippen molar-refractivity contribution in [2.75, 3.05) is 59.3 Å². The van der Waals surface area contributed by atoms with Crippen LogP contribution in [-0.2, 0) is 14.2 Å². The fourth-order valence-corrected chi connectivity index (χ4v) is 1.45. The summed E-state index contributed by atoms with van der Waals surface area (Å²) in [5.74, 6) is 0. The van der Waals surface area contributed by atoms with Gasteiger partial charge in [-0.05, 0) is 11.1 Å². The Labute approximate surface area is 123 Å². The van der Waals surface area contributed by atoms with E-state index in [1.54, 1.807) is 0 Å². The second-order valence-electron chi connectivity index (χ2n) is 4.60. The third-order valence-corrected chi connectivity index (χ3v) is 2.38. The first-order valence-electron chi connectivity index (χ1n) is 6.54. The van der Waals surface area contributed by atoms with Crippen molar-refractivity contribution in [3.63, 3.8) is 0 Å². The van der Waals surface area contributed by atoms with Gasteiger partial charge in [-0.3, -0.25) is 0 Å². The molecule has 10 nitrogen and oxygen atoms in total. The molecule has 120 valence electrons. The minimum atomic E-state index is -0.401. The van der Waals surface area contributed by atoms with Crippen LogP contribution in [0.3, 0.4) is 0 Å².